The largest absolute Gasteiger partial charge is 0.493 e. The number of ether oxygens (including phenoxy) is 1. The maximum atomic E-state index is 10.5. The van der Waals surface area contributed by atoms with Crippen molar-refractivity contribution in [3.63, 3.8) is 0 Å². The van der Waals surface area contributed by atoms with Gasteiger partial charge >= 0.3 is 5.97 Å². The lowest BCUT2D eigenvalue weighted by atomic mass is 10.2. The normalized spacial score (nSPS) is 10.8. The number of rotatable bonds is 7. The molecule has 5 nitrogen and oxygen atoms in total. The molecular weight excluding hydrogens is 296 g/mol. The van der Waals surface area contributed by atoms with Crippen LogP contribution in [-0.2, 0) is 4.79 Å². The second-order valence-corrected chi connectivity index (χ2v) is 5.82. The highest BCUT2D eigenvalue weighted by Crippen LogP contribution is 2.19. The number of carbonyl (C=O) groups is 1. The van der Waals surface area contributed by atoms with Crippen molar-refractivity contribution in [2.45, 2.75) is 4.34 Å². The molecular formula is C13H12N2O3S2. The van der Waals surface area contributed by atoms with Gasteiger partial charge in [0.2, 0.25) is 0 Å². The first-order chi connectivity index (χ1) is 9.74. The van der Waals surface area contributed by atoms with Crippen LogP contribution in [0.2, 0.25) is 0 Å². The Kier molecular flexibility index (Phi) is 5.57. The quantitative estimate of drug-likeness (QED) is 0.482. The van der Waals surface area contributed by atoms with Crippen LogP contribution in [0.3, 0.4) is 0 Å². The average Bonchev–Trinajstić information content (AvgIpc) is 2.95. The van der Waals surface area contributed by atoms with E-state index in [4.69, 9.17) is 9.84 Å². The summed E-state index contributed by atoms with van der Waals surface area (Å²) >= 11 is 3.09. The lowest BCUT2D eigenvalue weighted by Crippen LogP contribution is -2.00. The van der Waals surface area contributed by atoms with Gasteiger partial charge in [-0.1, -0.05) is 35.2 Å². The summed E-state index contributed by atoms with van der Waals surface area (Å²) in [7, 11) is 0. The van der Waals surface area contributed by atoms with E-state index < -0.39 is 5.97 Å². The van der Waals surface area contributed by atoms with Crippen molar-refractivity contribution in [3.05, 3.63) is 41.4 Å². The average molecular weight is 308 g/mol. The standard InChI is InChI=1S/C13H12N2O3S2/c16-12(17)5-4-10-2-1-3-11(8-10)18-6-7-19-13-15-14-9-20-13/h1-5,8-9H,6-7H2,(H,16,17). The minimum atomic E-state index is -0.968. The molecule has 104 valence electrons. The monoisotopic (exact) mass is 308 g/mol. The molecule has 1 aromatic heterocycles. The molecule has 0 saturated heterocycles. The van der Waals surface area contributed by atoms with Crippen LogP contribution in [0.5, 0.6) is 5.75 Å². The Morgan fingerprint density at radius 3 is 3.15 bits per heavy atom. The van der Waals surface area contributed by atoms with Gasteiger partial charge in [-0.3, -0.25) is 0 Å². The molecule has 0 unspecified atom stereocenters. The van der Waals surface area contributed by atoms with E-state index in [1.807, 2.05) is 18.2 Å². The Labute approximate surface area is 124 Å². The molecule has 0 aliphatic rings. The van der Waals surface area contributed by atoms with Crippen LogP contribution in [0.15, 0.2) is 40.2 Å². The summed E-state index contributed by atoms with van der Waals surface area (Å²) in [6.07, 6.45) is 2.63. The van der Waals surface area contributed by atoms with Crippen molar-refractivity contribution in [3.8, 4) is 5.75 Å². The number of thioether (sulfide) groups is 1. The van der Waals surface area contributed by atoms with Crippen molar-refractivity contribution < 1.29 is 14.6 Å². The topological polar surface area (TPSA) is 72.3 Å². The number of carboxylic acid groups (broad SMARTS) is 1. The number of hydrogen-bond donors (Lipinski definition) is 1. The predicted molar refractivity (Wildman–Crippen MR) is 79.2 cm³/mol. The second kappa shape index (κ2) is 7.66. The van der Waals surface area contributed by atoms with Gasteiger partial charge in [-0.15, -0.1) is 10.2 Å². The first-order valence-corrected chi connectivity index (χ1v) is 7.63. The molecule has 0 radical (unpaired) electrons. The van der Waals surface area contributed by atoms with Gasteiger partial charge < -0.3 is 9.84 Å². The first-order valence-electron chi connectivity index (χ1n) is 5.77. The molecule has 0 atom stereocenters. The minimum Gasteiger partial charge on any atom is -0.493 e. The van der Waals surface area contributed by atoms with Crippen molar-refractivity contribution in [2.75, 3.05) is 12.4 Å². The van der Waals surface area contributed by atoms with Gasteiger partial charge in [-0.2, -0.15) is 0 Å². The molecule has 1 aromatic carbocycles. The maximum absolute atomic E-state index is 10.5. The number of nitrogens with zero attached hydrogens (tertiary/aromatic N) is 2. The summed E-state index contributed by atoms with van der Waals surface area (Å²) < 4.78 is 6.53. The number of aromatic nitrogens is 2. The number of benzene rings is 1. The van der Waals surface area contributed by atoms with Gasteiger partial charge in [0.15, 0.2) is 4.34 Å². The van der Waals surface area contributed by atoms with Gasteiger partial charge in [0.25, 0.3) is 0 Å². The summed E-state index contributed by atoms with van der Waals surface area (Å²) in [5.74, 6) is 0.532. The lowest BCUT2D eigenvalue weighted by Gasteiger charge is -2.05. The summed E-state index contributed by atoms with van der Waals surface area (Å²) in [6.45, 7) is 0.552. The Hall–Kier alpha value is -1.86. The van der Waals surface area contributed by atoms with E-state index in [0.29, 0.717) is 6.61 Å². The van der Waals surface area contributed by atoms with E-state index in [-0.39, 0.29) is 0 Å². The second-order valence-electron chi connectivity index (χ2n) is 3.65. The molecule has 1 heterocycles. The zero-order valence-corrected chi connectivity index (χ0v) is 12.1. The van der Waals surface area contributed by atoms with Gasteiger partial charge in [0.05, 0.1) is 6.61 Å². The van der Waals surface area contributed by atoms with Crippen molar-refractivity contribution in [1.29, 1.82) is 0 Å². The zero-order valence-electron chi connectivity index (χ0n) is 10.4. The SMILES string of the molecule is O=C(O)C=Cc1cccc(OCCSc2nncs2)c1. The molecule has 20 heavy (non-hydrogen) atoms. The molecule has 0 aliphatic heterocycles. The van der Waals surface area contributed by atoms with Crippen LogP contribution in [0, 0.1) is 0 Å². The van der Waals surface area contributed by atoms with Gasteiger partial charge in [-0.05, 0) is 23.8 Å². The summed E-state index contributed by atoms with van der Waals surface area (Å²) in [6, 6.07) is 7.29. The Bertz CT molecular complexity index is 585. The molecule has 0 saturated carbocycles. The van der Waals surface area contributed by atoms with Crippen molar-refractivity contribution in [2.24, 2.45) is 0 Å². The van der Waals surface area contributed by atoms with E-state index in [0.717, 1.165) is 27.5 Å². The first kappa shape index (κ1) is 14.5. The van der Waals surface area contributed by atoms with Crippen LogP contribution in [0.1, 0.15) is 5.56 Å². The summed E-state index contributed by atoms with van der Waals surface area (Å²) in [5, 5.41) is 16.3. The highest BCUT2D eigenvalue weighted by molar-refractivity contribution is 8.01. The van der Waals surface area contributed by atoms with E-state index in [1.54, 1.807) is 23.3 Å². The van der Waals surface area contributed by atoms with Crippen molar-refractivity contribution in [1.82, 2.24) is 10.2 Å². The molecule has 0 aliphatic carbocycles. The fraction of sp³-hybridized carbons (Fsp3) is 0.154. The fourth-order valence-electron chi connectivity index (χ4n) is 1.39. The molecule has 7 heteroatoms. The molecule has 0 spiro atoms. The third-order valence-electron chi connectivity index (χ3n) is 2.19. The zero-order chi connectivity index (χ0) is 14.2. The highest BCUT2D eigenvalue weighted by Gasteiger charge is 1.99. The summed E-state index contributed by atoms with van der Waals surface area (Å²) in [4.78, 5) is 10.5. The van der Waals surface area contributed by atoms with Crippen LogP contribution in [0.4, 0.5) is 0 Å². The summed E-state index contributed by atoms with van der Waals surface area (Å²) in [5.41, 5.74) is 2.49. The van der Waals surface area contributed by atoms with Crippen LogP contribution in [-0.4, -0.2) is 33.6 Å². The number of aliphatic carboxylic acids is 1. The Morgan fingerprint density at radius 1 is 1.50 bits per heavy atom. The van der Waals surface area contributed by atoms with E-state index in [2.05, 4.69) is 10.2 Å². The van der Waals surface area contributed by atoms with Gasteiger partial charge in [-0.25, -0.2) is 4.79 Å². The van der Waals surface area contributed by atoms with E-state index >= 15 is 0 Å². The van der Waals surface area contributed by atoms with Gasteiger partial charge in [0.1, 0.15) is 11.3 Å². The third-order valence-corrected chi connectivity index (χ3v) is 4.02. The lowest BCUT2D eigenvalue weighted by molar-refractivity contribution is -0.131. The van der Waals surface area contributed by atoms with E-state index in [1.165, 1.54) is 17.4 Å². The molecule has 2 aromatic rings. The predicted octanol–water partition coefficient (Wildman–Crippen LogP) is 2.81. The van der Waals surface area contributed by atoms with Crippen molar-refractivity contribution >= 4 is 35.1 Å². The number of carboxylic acids is 1. The molecule has 1 N–H and O–H groups in total. The third kappa shape index (κ3) is 5.02. The highest BCUT2D eigenvalue weighted by atomic mass is 32.2. The van der Waals surface area contributed by atoms with Crippen LogP contribution >= 0.6 is 23.1 Å². The fourth-order valence-corrected chi connectivity index (χ4v) is 2.77. The molecule has 2 rings (SSSR count). The van der Waals surface area contributed by atoms with Gasteiger partial charge in [0, 0.05) is 11.8 Å². The number of hydrogen-bond acceptors (Lipinski definition) is 6. The van der Waals surface area contributed by atoms with Crippen LogP contribution in [0.25, 0.3) is 6.08 Å². The van der Waals surface area contributed by atoms with Crippen LogP contribution < -0.4 is 4.74 Å². The molecule has 0 fully saturated rings. The Balaban J connectivity index is 1.80. The minimum absolute atomic E-state index is 0.552. The Morgan fingerprint density at radius 2 is 2.40 bits per heavy atom. The smallest absolute Gasteiger partial charge is 0.328 e. The molecule has 0 amide bonds. The molecule has 0 bridgehead atoms. The van der Waals surface area contributed by atoms with E-state index in [9.17, 15) is 4.79 Å². The maximum Gasteiger partial charge on any atom is 0.328 e.